The van der Waals surface area contributed by atoms with Crippen molar-refractivity contribution in [2.24, 2.45) is 0 Å². The zero-order chi connectivity index (χ0) is 22.4. The van der Waals surface area contributed by atoms with Crippen molar-refractivity contribution in [3.05, 3.63) is 83.9 Å². The van der Waals surface area contributed by atoms with E-state index in [0.29, 0.717) is 17.2 Å². The summed E-state index contributed by atoms with van der Waals surface area (Å²) in [6.07, 6.45) is 1.83. The third kappa shape index (κ3) is 5.64. The lowest BCUT2D eigenvalue weighted by Gasteiger charge is -2.24. The van der Waals surface area contributed by atoms with Gasteiger partial charge in [0.15, 0.2) is 5.75 Å². The Morgan fingerprint density at radius 2 is 1.65 bits per heavy atom. The highest BCUT2D eigenvalue weighted by molar-refractivity contribution is 7.92. The van der Waals surface area contributed by atoms with E-state index in [1.165, 1.54) is 0 Å². The van der Waals surface area contributed by atoms with E-state index >= 15 is 0 Å². The molecule has 0 aliphatic heterocycles. The van der Waals surface area contributed by atoms with Crippen LogP contribution in [0.4, 0.5) is 11.4 Å². The Kier molecular flexibility index (Phi) is 6.97. The quantitative estimate of drug-likeness (QED) is 0.550. The summed E-state index contributed by atoms with van der Waals surface area (Å²) in [5.41, 5.74) is 2.93. The van der Waals surface area contributed by atoms with Crippen molar-refractivity contribution in [1.82, 2.24) is 0 Å². The van der Waals surface area contributed by atoms with Crippen LogP contribution in [0.3, 0.4) is 0 Å². The largest absolute Gasteiger partial charge is 0.455 e. The van der Waals surface area contributed by atoms with Gasteiger partial charge in [-0.25, -0.2) is 8.42 Å². The molecule has 1 amide bonds. The predicted molar refractivity (Wildman–Crippen MR) is 124 cm³/mol. The highest BCUT2D eigenvalue weighted by Gasteiger charge is 2.24. The van der Waals surface area contributed by atoms with E-state index in [9.17, 15) is 13.2 Å². The molecule has 0 saturated carbocycles. The molecule has 1 N–H and O–H groups in total. The van der Waals surface area contributed by atoms with Gasteiger partial charge in [0.25, 0.3) is 0 Å². The molecule has 31 heavy (non-hydrogen) atoms. The Balaban J connectivity index is 1.90. The first-order chi connectivity index (χ1) is 14.8. The summed E-state index contributed by atoms with van der Waals surface area (Å²) in [7, 11) is -3.75. The molecule has 0 radical (unpaired) electrons. The van der Waals surface area contributed by atoms with Crippen molar-refractivity contribution in [3.8, 4) is 11.5 Å². The summed E-state index contributed by atoms with van der Waals surface area (Å²) >= 11 is 0. The number of aryl methyl sites for hydroxylation is 2. The number of benzene rings is 3. The topological polar surface area (TPSA) is 75.7 Å². The zero-order valence-corrected chi connectivity index (χ0v) is 18.6. The van der Waals surface area contributed by atoms with Gasteiger partial charge in [0.1, 0.15) is 12.3 Å². The van der Waals surface area contributed by atoms with Crippen molar-refractivity contribution in [1.29, 1.82) is 0 Å². The van der Waals surface area contributed by atoms with E-state index in [0.717, 1.165) is 33.8 Å². The molecular formula is C24H26N2O4S. The number of ether oxygens (including phenoxy) is 1. The third-order valence-corrected chi connectivity index (χ3v) is 5.92. The SMILES string of the molecule is CCc1cccc(C)c1NC(=O)CN(c1ccccc1Oc1ccccc1)S(C)(=O)=O. The fourth-order valence-electron chi connectivity index (χ4n) is 3.26. The summed E-state index contributed by atoms with van der Waals surface area (Å²) in [5.74, 6) is 0.487. The second-order valence-corrected chi connectivity index (χ2v) is 9.07. The number of hydrogen-bond acceptors (Lipinski definition) is 4. The zero-order valence-electron chi connectivity index (χ0n) is 17.8. The fraction of sp³-hybridized carbons (Fsp3) is 0.208. The van der Waals surface area contributed by atoms with Crippen LogP contribution in [-0.4, -0.2) is 27.1 Å². The van der Waals surface area contributed by atoms with Crippen LogP contribution in [0.5, 0.6) is 11.5 Å². The van der Waals surface area contributed by atoms with Gasteiger partial charge in [0.05, 0.1) is 11.9 Å². The lowest BCUT2D eigenvalue weighted by molar-refractivity contribution is -0.114. The molecule has 0 aromatic heterocycles. The average Bonchev–Trinajstić information content (AvgIpc) is 2.74. The molecule has 6 nitrogen and oxygen atoms in total. The summed E-state index contributed by atoms with van der Waals surface area (Å²) in [4.78, 5) is 12.9. The Bertz CT molecular complexity index is 1160. The van der Waals surface area contributed by atoms with Crippen molar-refractivity contribution in [3.63, 3.8) is 0 Å². The number of carbonyl (C=O) groups excluding carboxylic acids is 1. The molecule has 3 aromatic rings. The molecule has 0 aliphatic carbocycles. The van der Waals surface area contributed by atoms with Crippen molar-refractivity contribution in [2.45, 2.75) is 20.3 Å². The van der Waals surface area contributed by atoms with Gasteiger partial charge in [-0.2, -0.15) is 0 Å². The first-order valence-corrected chi connectivity index (χ1v) is 11.8. The highest BCUT2D eigenvalue weighted by atomic mass is 32.2. The summed E-state index contributed by atoms with van der Waals surface area (Å²) in [6, 6.07) is 21.6. The lowest BCUT2D eigenvalue weighted by Crippen LogP contribution is -2.37. The van der Waals surface area contributed by atoms with Gasteiger partial charge < -0.3 is 10.1 Å². The smallest absolute Gasteiger partial charge is 0.245 e. The molecule has 162 valence electrons. The minimum atomic E-state index is -3.75. The van der Waals surface area contributed by atoms with E-state index in [1.807, 2.05) is 50.2 Å². The Morgan fingerprint density at radius 1 is 0.968 bits per heavy atom. The predicted octanol–water partition coefficient (Wildman–Crippen LogP) is 4.75. The van der Waals surface area contributed by atoms with Gasteiger partial charge >= 0.3 is 0 Å². The monoisotopic (exact) mass is 438 g/mol. The maximum Gasteiger partial charge on any atom is 0.245 e. The molecule has 3 rings (SSSR count). The van der Waals surface area contributed by atoms with Crippen molar-refractivity contribution in [2.75, 3.05) is 22.4 Å². The molecule has 7 heteroatoms. The van der Waals surface area contributed by atoms with Gasteiger partial charge in [0.2, 0.25) is 15.9 Å². The number of hydrogen-bond donors (Lipinski definition) is 1. The molecule has 0 fully saturated rings. The summed E-state index contributed by atoms with van der Waals surface area (Å²) in [5, 5.41) is 2.89. The highest BCUT2D eigenvalue weighted by Crippen LogP contribution is 2.33. The van der Waals surface area contributed by atoms with Crippen molar-refractivity contribution < 1.29 is 17.9 Å². The Labute approximate surface area is 183 Å². The number of rotatable bonds is 8. The Morgan fingerprint density at radius 3 is 2.32 bits per heavy atom. The van der Waals surface area contributed by atoms with Crippen LogP contribution in [0, 0.1) is 6.92 Å². The maximum atomic E-state index is 12.9. The minimum Gasteiger partial charge on any atom is -0.455 e. The van der Waals surface area contributed by atoms with Gasteiger partial charge in [-0.1, -0.05) is 55.5 Å². The van der Waals surface area contributed by atoms with Gasteiger partial charge in [-0.15, -0.1) is 0 Å². The number of anilines is 2. The second-order valence-electron chi connectivity index (χ2n) is 7.16. The van der Waals surface area contributed by atoms with Gasteiger partial charge in [-0.05, 0) is 48.7 Å². The van der Waals surface area contributed by atoms with Crippen LogP contribution in [0.15, 0.2) is 72.8 Å². The summed E-state index contributed by atoms with van der Waals surface area (Å²) in [6.45, 7) is 3.54. The minimum absolute atomic E-state index is 0.296. The maximum absolute atomic E-state index is 12.9. The van der Waals surface area contributed by atoms with Crippen LogP contribution in [0.25, 0.3) is 0 Å². The molecule has 0 atom stereocenters. The lowest BCUT2D eigenvalue weighted by atomic mass is 10.1. The fourth-order valence-corrected chi connectivity index (χ4v) is 4.12. The van der Waals surface area contributed by atoms with Gasteiger partial charge in [0, 0.05) is 5.69 Å². The van der Waals surface area contributed by atoms with E-state index < -0.39 is 15.9 Å². The molecule has 0 aliphatic rings. The third-order valence-electron chi connectivity index (χ3n) is 4.80. The van der Waals surface area contributed by atoms with Crippen molar-refractivity contribution >= 4 is 27.3 Å². The average molecular weight is 439 g/mol. The number of nitrogens with zero attached hydrogens (tertiary/aromatic N) is 1. The van der Waals surface area contributed by atoms with E-state index in [1.54, 1.807) is 36.4 Å². The van der Waals surface area contributed by atoms with Crippen LogP contribution in [-0.2, 0) is 21.2 Å². The molecular weight excluding hydrogens is 412 g/mol. The van der Waals surface area contributed by atoms with Gasteiger partial charge in [-0.3, -0.25) is 9.10 Å². The second kappa shape index (κ2) is 9.66. The molecule has 0 heterocycles. The van der Waals surface area contributed by atoms with E-state index in [4.69, 9.17) is 4.74 Å². The first-order valence-electron chi connectivity index (χ1n) is 9.97. The molecule has 0 spiro atoms. The van der Waals surface area contributed by atoms with E-state index in [2.05, 4.69) is 5.32 Å². The molecule has 3 aromatic carbocycles. The first kappa shape index (κ1) is 22.4. The normalized spacial score (nSPS) is 11.1. The Hall–Kier alpha value is -3.32. The van der Waals surface area contributed by atoms with E-state index in [-0.39, 0.29) is 6.54 Å². The number of nitrogens with one attached hydrogen (secondary N) is 1. The van der Waals surface area contributed by atoms with Crippen LogP contribution in [0.1, 0.15) is 18.1 Å². The number of amides is 1. The molecule has 0 bridgehead atoms. The van der Waals surface area contributed by atoms with Crippen LogP contribution >= 0.6 is 0 Å². The number of sulfonamides is 1. The number of para-hydroxylation sites is 4. The molecule has 0 saturated heterocycles. The summed E-state index contributed by atoms with van der Waals surface area (Å²) < 4.78 is 32.2. The standard InChI is InChI=1S/C24H26N2O4S/c1-4-19-12-10-11-18(2)24(19)25-23(27)17-26(31(3,28)29)21-15-8-9-16-22(21)30-20-13-6-5-7-14-20/h5-16H,4,17H2,1-3H3,(H,25,27). The molecule has 0 unspecified atom stereocenters. The van der Waals surface area contributed by atoms with Crippen LogP contribution in [0.2, 0.25) is 0 Å². The van der Waals surface area contributed by atoms with Crippen LogP contribution < -0.4 is 14.4 Å². The number of carbonyl (C=O) groups is 1.